The number of halogens is 6. The molecule has 0 fully saturated rings. The molecule has 0 aliphatic carbocycles. The average molecular weight is 200 g/mol. The number of hydrogen-bond acceptors (Lipinski definition) is 1. The van der Waals surface area contributed by atoms with E-state index >= 15 is 0 Å². The Morgan fingerprint density at radius 2 is 1.09 bits per heavy atom. The zero-order valence-corrected chi connectivity index (χ0v) is 6.32. The maximum atomic E-state index is 10.7. The molecule has 0 rings (SSSR count). The van der Waals surface area contributed by atoms with Gasteiger partial charge in [-0.1, -0.05) is 0 Å². The van der Waals surface area contributed by atoms with Gasteiger partial charge in [0.25, 0.3) is 0 Å². The standard InChI is InChI=1S/C2H3F3S.C2H3F3/c3-2(4,5)1-6;1-2(3,4)5/h6H,1H2;1H3. The van der Waals surface area contributed by atoms with Gasteiger partial charge in [0, 0.05) is 6.92 Å². The van der Waals surface area contributed by atoms with Crippen LogP contribution in [0.15, 0.2) is 0 Å². The van der Waals surface area contributed by atoms with E-state index in [1.165, 1.54) is 0 Å². The highest BCUT2D eigenvalue weighted by molar-refractivity contribution is 7.80. The molecule has 0 N–H and O–H groups in total. The highest BCUT2D eigenvalue weighted by Crippen LogP contribution is 2.14. The molecule has 0 unspecified atom stereocenters. The maximum Gasteiger partial charge on any atom is 0.397 e. The van der Waals surface area contributed by atoms with E-state index in [1.54, 1.807) is 0 Å². The van der Waals surface area contributed by atoms with E-state index < -0.39 is 18.1 Å². The van der Waals surface area contributed by atoms with Crippen molar-refractivity contribution in [2.24, 2.45) is 0 Å². The minimum absolute atomic E-state index is 0.188. The van der Waals surface area contributed by atoms with Gasteiger partial charge in [0.05, 0.1) is 5.75 Å². The summed E-state index contributed by atoms with van der Waals surface area (Å²) in [4.78, 5) is 0. The first-order valence-electron chi connectivity index (χ1n) is 2.30. The van der Waals surface area contributed by atoms with Crippen molar-refractivity contribution < 1.29 is 26.3 Å². The van der Waals surface area contributed by atoms with Crippen molar-refractivity contribution >= 4 is 12.6 Å². The summed E-state index contributed by atoms with van der Waals surface area (Å²) in [6.45, 7) is 0.188. The predicted molar refractivity (Wildman–Crippen MR) is 31.6 cm³/mol. The van der Waals surface area contributed by atoms with Crippen LogP contribution in [0.25, 0.3) is 0 Å². The lowest BCUT2D eigenvalue weighted by atomic mass is 10.8. The van der Waals surface area contributed by atoms with Gasteiger partial charge in [0.15, 0.2) is 0 Å². The van der Waals surface area contributed by atoms with Crippen molar-refractivity contribution in [3.63, 3.8) is 0 Å². The summed E-state index contributed by atoms with van der Waals surface area (Å²) in [5.74, 6) is -1.03. The third-order valence-corrected chi connectivity index (χ3v) is 0.538. The summed E-state index contributed by atoms with van der Waals surface area (Å²) in [7, 11) is 0. The van der Waals surface area contributed by atoms with Crippen LogP contribution in [-0.2, 0) is 0 Å². The molecule has 0 aromatic carbocycles. The molecule has 0 atom stereocenters. The molecule has 0 radical (unpaired) electrons. The smallest absolute Gasteiger partial charge is 0.172 e. The topological polar surface area (TPSA) is 0 Å². The van der Waals surface area contributed by atoms with Crippen LogP contribution in [-0.4, -0.2) is 18.1 Å². The van der Waals surface area contributed by atoms with Crippen molar-refractivity contribution in [2.45, 2.75) is 19.3 Å². The maximum absolute atomic E-state index is 10.7. The van der Waals surface area contributed by atoms with E-state index in [1.807, 2.05) is 0 Å². The van der Waals surface area contributed by atoms with Crippen LogP contribution in [0.2, 0.25) is 0 Å². The molecule has 0 bridgehead atoms. The van der Waals surface area contributed by atoms with Crippen molar-refractivity contribution in [1.29, 1.82) is 0 Å². The molecule has 0 amide bonds. The minimum atomic E-state index is -4.09. The van der Waals surface area contributed by atoms with Gasteiger partial charge in [-0.2, -0.15) is 39.0 Å². The second-order valence-corrected chi connectivity index (χ2v) is 1.87. The molecule has 0 saturated heterocycles. The van der Waals surface area contributed by atoms with Crippen molar-refractivity contribution in [3.8, 4) is 0 Å². The van der Waals surface area contributed by atoms with Gasteiger partial charge in [0.2, 0.25) is 0 Å². The van der Waals surface area contributed by atoms with Gasteiger partial charge in [-0.05, 0) is 0 Å². The fourth-order valence-corrected chi connectivity index (χ4v) is 0. The van der Waals surface area contributed by atoms with Gasteiger partial charge < -0.3 is 0 Å². The van der Waals surface area contributed by atoms with Crippen LogP contribution in [0.5, 0.6) is 0 Å². The first kappa shape index (κ1) is 13.5. The second kappa shape index (κ2) is 4.74. The van der Waals surface area contributed by atoms with E-state index in [0.29, 0.717) is 0 Å². The molecule has 0 aliphatic rings. The summed E-state index contributed by atoms with van der Waals surface area (Å²) >= 11 is 2.98. The van der Waals surface area contributed by atoms with Gasteiger partial charge >= 0.3 is 12.4 Å². The summed E-state index contributed by atoms with van der Waals surface area (Å²) in [5.41, 5.74) is 0. The monoisotopic (exact) mass is 200 g/mol. The van der Waals surface area contributed by atoms with E-state index in [4.69, 9.17) is 0 Å². The molecule has 0 nitrogen and oxygen atoms in total. The normalized spacial score (nSPS) is 12.0. The van der Waals surface area contributed by atoms with Crippen LogP contribution in [0.1, 0.15) is 6.92 Å². The highest BCUT2D eigenvalue weighted by atomic mass is 32.1. The molecular weight excluding hydrogens is 194 g/mol. The highest BCUT2D eigenvalue weighted by Gasteiger charge is 2.23. The molecular formula is C4H6F6S. The zero-order valence-electron chi connectivity index (χ0n) is 5.42. The first-order valence-corrected chi connectivity index (χ1v) is 2.94. The Kier molecular flexibility index (Phi) is 5.82. The average Bonchev–Trinajstić information content (AvgIpc) is 1.59. The van der Waals surface area contributed by atoms with Crippen LogP contribution in [0.4, 0.5) is 26.3 Å². The van der Waals surface area contributed by atoms with Crippen molar-refractivity contribution in [1.82, 2.24) is 0 Å². The van der Waals surface area contributed by atoms with E-state index in [0.717, 1.165) is 0 Å². The van der Waals surface area contributed by atoms with E-state index in [2.05, 4.69) is 12.6 Å². The Morgan fingerprint density at radius 3 is 1.09 bits per heavy atom. The summed E-state index contributed by atoms with van der Waals surface area (Å²) < 4.78 is 63.2. The SMILES string of the molecule is CC(F)(F)F.FC(F)(F)CS. The van der Waals surface area contributed by atoms with Gasteiger partial charge in [-0.3, -0.25) is 0 Å². The first-order chi connectivity index (χ1) is 4.56. The molecule has 0 aromatic heterocycles. The van der Waals surface area contributed by atoms with Gasteiger partial charge in [0.1, 0.15) is 0 Å². The minimum Gasteiger partial charge on any atom is -0.172 e. The molecule has 0 aliphatic heterocycles. The molecule has 0 heterocycles. The third-order valence-electron chi connectivity index (χ3n) is 0.179. The predicted octanol–water partition coefficient (Wildman–Crippen LogP) is 3.05. The number of alkyl halides is 6. The third kappa shape index (κ3) is 72.7. The largest absolute Gasteiger partial charge is 0.397 e. The molecule has 7 heteroatoms. The number of rotatable bonds is 0. The molecule has 11 heavy (non-hydrogen) atoms. The Labute approximate surface area is 65.0 Å². The summed E-state index contributed by atoms with van der Waals surface area (Å²) in [5, 5.41) is 0. The fraction of sp³-hybridized carbons (Fsp3) is 1.00. The zero-order chi connectivity index (χ0) is 9.71. The quantitative estimate of drug-likeness (QED) is 0.451. The van der Waals surface area contributed by atoms with Crippen LogP contribution in [0, 0.1) is 0 Å². The van der Waals surface area contributed by atoms with Crippen molar-refractivity contribution in [2.75, 3.05) is 5.75 Å². The van der Waals surface area contributed by atoms with Crippen molar-refractivity contribution in [3.05, 3.63) is 0 Å². The number of hydrogen-bond donors (Lipinski definition) is 1. The van der Waals surface area contributed by atoms with Gasteiger partial charge in [-0.25, -0.2) is 0 Å². The Hall–Kier alpha value is -0.0700. The summed E-state index contributed by atoms with van der Waals surface area (Å²) in [6, 6.07) is 0. The summed E-state index contributed by atoms with van der Waals surface area (Å²) in [6.07, 6.45) is -8.09. The lowest BCUT2D eigenvalue weighted by Crippen LogP contribution is -2.07. The lowest BCUT2D eigenvalue weighted by molar-refractivity contribution is -0.110. The van der Waals surface area contributed by atoms with Crippen LogP contribution in [0.3, 0.4) is 0 Å². The second-order valence-electron chi connectivity index (χ2n) is 1.55. The Morgan fingerprint density at radius 1 is 1.00 bits per heavy atom. The number of thiol groups is 1. The van der Waals surface area contributed by atoms with Crippen LogP contribution < -0.4 is 0 Å². The Bertz CT molecular complexity index is 85.7. The van der Waals surface area contributed by atoms with Gasteiger partial charge in [-0.15, -0.1) is 0 Å². The lowest BCUT2D eigenvalue weighted by Gasteiger charge is -1.96. The molecule has 0 aromatic rings. The Balaban J connectivity index is 0. The molecule has 0 saturated carbocycles. The molecule has 0 spiro atoms. The molecule has 70 valence electrons. The van der Waals surface area contributed by atoms with E-state index in [9.17, 15) is 26.3 Å². The van der Waals surface area contributed by atoms with E-state index in [-0.39, 0.29) is 6.92 Å². The van der Waals surface area contributed by atoms with Crippen LogP contribution >= 0.6 is 12.6 Å². The fourth-order valence-electron chi connectivity index (χ4n) is 0.